The van der Waals surface area contributed by atoms with Crippen molar-refractivity contribution < 1.29 is 18.3 Å². The molecule has 0 unspecified atom stereocenters. The van der Waals surface area contributed by atoms with Crippen LogP contribution in [0.5, 0.6) is 11.9 Å². The molecule has 2 N–H and O–H groups in total. The van der Waals surface area contributed by atoms with Gasteiger partial charge in [0.25, 0.3) is 0 Å². The van der Waals surface area contributed by atoms with E-state index in [4.69, 9.17) is 19.4 Å². The first kappa shape index (κ1) is 29.8. The number of pyridine rings is 2. The lowest BCUT2D eigenvalue weighted by atomic mass is 9.95. The molecule has 4 aromatic rings. The van der Waals surface area contributed by atoms with E-state index in [1.807, 2.05) is 37.1 Å². The summed E-state index contributed by atoms with van der Waals surface area (Å²) in [5.41, 5.74) is -0.651. The number of aromatic nitrogens is 4. The molecular weight excluding hydrogens is 580 g/mol. The van der Waals surface area contributed by atoms with Crippen molar-refractivity contribution in [3.8, 4) is 23.3 Å². The third kappa shape index (κ3) is 5.48. The van der Waals surface area contributed by atoms with Gasteiger partial charge in [0, 0.05) is 44.1 Å². The maximum atomic E-state index is 16.9. The van der Waals surface area contributed by atoms with Gasteiger partial charge in [-0.3, -0.25) is 9.69 Å². The van der Waals surface area contributed by atoms with Crippen LogP contribution in [0.25, 0.3) is 33.1 Å². The number of hydrogen-bond donors (Lipinski definition) is 2. The number of halogens is 2. The maximum absolute atomic E-state index is 16.9. The molecule has 0 bridgehead atoms. The first-order valence-corrected chi connectivity index (χ1v) is 15.9. The third-order valence-corrected chi connectivity index (χ3v) is 9.59. The standard InChI is InChI=1S/C33H39F2N7O3/c1-4-22-17-41(3)30-25-28(39-32(40-30)44-18-33-11-7-13-42(33)16-21(34)15-33)26(35)29(38-31(25)45-19(2)10-12-36-22)27-23-9-6-5-8-20(23)14-24(43)37-27/h5-6,8-9,14,19,21-22,36H,4,7,10-13,15-18H2,1-3H3,(H,37,43)/t19-,21+,22+,33-/m0/s1. The van der Waals surface area contributed by atoms with Crippen LogP contribution in [0.2, 0.25) is 0 Å². The number of H-pyrrole nitrogens is 1. The van der Waals surface area contributed by atoms with Crippen molar-refractivity contribution in [3.63, 3.8) is 0 Å². The Morgan fingerprint density at radius 1 is 1.20 bits per heavy atom. The molecule has 6 heterocycles. The number of fused-ring (bicyclic) bond motifs is 2. The molecule has 0 radical (unpaired) electrons. The lowest BCUT2D eigenvalue weighted by molar-refractivity contribution is 0.107. The molecule has 238 valence electrons. The van der Waals surface area contributed by atoms with E-state index in [1.54, 1.807) is 6.07 Å². The number of nitrogens with zero attached hydrogens (tertiary/aromatic N) is 5. The van der Waals surface area contributed by atoms with Gasteiger partial charge in [-0.1, -0.05) is 31.2 Å². The fourth-order valence-corrected chi connectivity index (χ4v) is 7.24. The van der Waals surface area contributed by atoms with Crippen LogP contribution in [0.4, 0.5) is 14.6 Å². The number of benzene rings is 1. The molecule has 0 aliphatic carbocycles. The fraction of sp³-hybridized carbons (Fsp3) is 0.515. The molecule has 45 heavy (non-hydrogen) atoms. The molecular formula is C33H39F2N7O3. The van der Waals surface area contributed by atoms with Gasteiger partial charge in [0.2, 0.25) is 11.4 Å². The summed E-state index contributed by atoms with van der Waals surface area (Å²) < 4.78 is 44.1. The van der Waals surface area contributed by atoms with E-state index in [9.17, 15) is 9.18 Å². The first-order valence-electron chi connectivity index (χ1n) is 15.9. The van der Waals surface area contributed by atoms with Crippen LogP contribution in [-0.2, 0) is 0 Å². The Morgan fingerprint density at radius 3 is 2.89 bits per heavy atom. The quantitative estimate of drug-likeness (QED) is 0.331. The topological polar surface area (TPSA) is 108 Å². The molecule has 3 aliphatic rings. The number of alkyl halides is 1. The van der Waals surface area contributed by atoms with E-state index in [1.165, 1.54) is 6.07 Å². The SMILES string of the molecule is CC[C@@H]1CN(C)c2nc(OC[C@@]34CCCN3C[C@H](F)C4)nc3c(F)c(-c4[nH]c(=O)cc5ccccc45)nc(c23)O[C@@H](C)CCN1. The highest BCUT2D eigenvalue weighted by molar-refractivity contribution is 5.99. The lowest BCUT2D eigenvalue weighted by Crippen LogP contribution is -2.43. The van der Waals surface area contributed by atoms with Gasteiger partial charge in [-0.05, 0) is 51.1 Å². The Morgan fingerprint density at radius 2 is 2.04 bits per heavy atom. The van der Waals surface area contributed by atoms with Gasteiger partial charge < -0.3 is 24.7 Å². The fourth-order valence-electron chi connectivity index (χ4n) is 7.24. The number of aromatic amines is 1. The van der Waals surface area contributed by atoms with Crippen molar-refractivity contribution in [2.45, 2.75) is 69.8 Å². The third-order valence-electron chi connectivity index (χ3n) is 9.59. The van der Waals surface area contributed by atoms with Crippen LogP contribution in [-0.4, -0.2) is 88.5 Å². The van der Waals surface area contributed by atoms with Crippen LogP contribution in [0.1, 0.15) is 46.0 Å². The largest absolute Gasteiger partial charge is 0.474 e. The number of anilines is 1. The van der Waals surface area contributed by atoms with Gasteiger partial charge in [0.05, 0.1) is 17.3 Å². The van der Waals surface area contributed by atoms with Crippen molar-refractivity contribution in [3.05, 3.63) is 46.5 Å². The number of likely N-dealkylation sites (N-methyl/N-ethyl adjacent to an activating group) is 1. The Balaban J connectivity index is 1.43. The lowest BCUT2D eigenvalue weighted by Gasteiger charge is -2.31. The van der Waals surface area contributed by atoms with Crippen LogP contribution in [0.15, 0.2) is 35.1 Å². The van der Waals surface area contributed by atoms with E-state index < -0.39 is 17.5 Å². The van der Waals surface area contributed by atoms with E-state index in [-0.39, 0.29) is 53.1 Å². The minimum Gasteiger partial charge on any atom is -0.474 e. The molecule has 4 atom stereocenters. The molecule has 0 saturated carbocycles. The van der Waals surface area contributed by atoms with E-state index in [0.29, 0.717) is 47.9 Å². The number of rotatable bonds is 5. The predicted molar refractivity (Wildman–Crippen MR) is 169 cm³/mol. The molecule has 12 heteroatoms. The molecule has 7 rings (SSSR count). The van der Waals surface area contributed by atoms with Gasteiger partial charge in [0.15, 0.2) is 5.82 Å². The molecule has 0 amide bonds. The average molecular weight is 620 g/mol. The second-order valence-electron chi connectivity index (χ2n) is 12.7. The van der Waals surface area contributed by atoms with Crippen molar-refractivity contribution in [1.82, 2.24) is 30.2 Å². The highest BCUT2D eigenvalue weighted by Crippen LogP contribution is 2.42. The summed E-state index contributed by atoms with van der Waals surface area (Å²) in [6.07, 6.45) is 2.61. The number of nitrogens with one attached hydrogen (secondary N) is 2. The second kappa shape index (κ2) is 11.8. The molecule has 3 aromatic heterocycles. The predicted octanol–water partition coefficient (Wildman–Crippen LogP) is 4.60. The summed E-state index contributed by atoms with van der Waals surface area (Å²) in [6.45, 7) is 6.82. The van der Waals surface area contributed by atoms with Crippen molar-refractivity contribution in [2.75, 3.05) is 44.7 Å². The zero-order chi connectivity index (χ0) is 31.3. The van der Waals surface area contributed by atoms with E-state index >= 15 is 4.39 Å². The monoisotopic (exact) mass is 619 g/mol. The molecule has 2 fully saturated rings. The summed E-state index contributed by atoms with van der Waals surface area (Å²) in [6, 6.07) is 8.90. The van der Waals surface area contributed by atoms with Crippen molar-refractivity contribution >= 4 is 27.5 Å². The molecule has 1 aromatic carbocycles. The maximum Gasteiger partial charge on any atom is 0.319 e. The van der Waals surface area contributed by atoms with Crippen molar-refractivity contribution in [1.29, 1.82) is 0 Å². The normalized spacial score (nSPS) is 25.7. The number of ether oxygens (including phenoxy) is 2. The summed E-state index contributed by atoms with van der Waals surface area (Å²) in [7, 11) is 1.90. The van der Waals surface area contributed by atoms with Crippen LogP contribution < -0.4 is 25.2 Å². The summed E-state index contributed by atoms with van der Waals surface area (Å²) in [5.74, 6) is -0.105. The zero-order valence-electron chi connectivity index (χ0n) is 25.9. The average Bonchev–Trinajstić information content (AvgIpc) is 3.54. The molecule has 3 aliphatic heterocycles. The first-order chi connectivity index (χ1) is 21.7. The number of hydrogen-bond acceptors (Lipinski definition) is 9. The van der Waals surface area contributed by atoms with Crippen molar-refractivity contribution in [2.24, 2.45) is 0 Å². The minimum absolute atomic E-state index is 0.00484. The zero-order valence-corrected chi connectivity index (χ0v) is 25.9. The summed E-state index contributed by atoms with van der Waals surface area (Å²) >= 11 is 0. The summed E-state index contributed by atoms with van der Waals surface area (Å²) in [5, 5.41) is 5.23. The van der Waals surface area contributed by atoms with Gasteiger partial charge in [-0.15, -0.1) is 0 Å². The summed E-state index contributed by atoms with van der Waals surface area (Å²) in [4.78, 5) is 33.8. The molecule has 2 saturated heterocycles. The molecule has 0 spiro atoms. The van der Waals surface area contributed by atoms with Crippen LogP contribution in [0.3, 0.4) is 0 Å². The Bertz CT molecular complexity index is 1800. The second-order valence-corrected chi connectivity index (χ2v) is 12.7. The van der Waals surface area contributed by atoms with Gasteiger partial charge in [-0.2, -0.15) is 9.97 Å². The highest BCUT2D eigenvalue weighted by Gasteiger charge is 2.49. The van der Waals surface area contributed by atoms with Crippen LogP contribution >= 0.6 is 0 Å². The Kier molecular flexibility index (Phi) is 7.81. The van der Waals surface area contributed by atoms with Gasteiger partial charge in [0.1, 0.15) is 35.2 Å². The minimum atomic E-state index is -0.906. The van der Waals surface area contributed by atoms with Crippen LogP contribution in [0, 0.1) is 5.82 Å². The Hall–Kier alpha value is -3.90. The highest BCUT2D eigenvalue weighted by atomic mass is 19.1. The molecule has 10 nitrogen and oxygen atoms in total. The van der Waals surface area contributed by atoms with E-state index in [0.717, 1.165) is 32.4 Å². The smallest absolute Gasteiger partial charge is 0.319 e. The van der Waals surface area contributed by atoms with Gasteiger partial charge in [-0.25, -0.2) is 13.8 Å². The Labute approximate surface area is 260 Å². The van der Waals surface area contributed by atoms with Gasteiger partial charge >= 0.3 is 6.01 Å². The van der Waals surface area contributed by atoms with E-state index in [2.05, 4.69) is 27.1 Å².